The van der Waals surface area contributed by atoms with E-state index in [1.807, 2.05) is 13.8 Å². The van der Waals surface area contributed by atoms with Crippen molar-refractivity contribution in [2.24, 2.45) is 0 Å². The minimum atomic E-state index is 0.0324. The van der Waals surface area contributed by atoms with E-state index in [9.17, 15) is 9.59 Å². The van der Waals surface area contributed by atoms with E-state index >= 15 is 0 Å². The molecule has 4 nitrogen and oxygen atoms in total. The molecule has 1 aromatic heterocycles. The Morgan fingerprint density at radius 3 is 2.73 bits per heavy atom. The van der Waals surface area contributed by atoms with Crippen molar-refractivity contribution in [3.05, 3.63) is 15.6 Å². The van der Waals surface area contributed by atoms with E-state index in [-0.39, 0.29) is 17.7 Å². The van der Waals surface area contributed by atoms with Crippen molar-refractivity contribution in [1.82, 2.24) is 10.3 Å². The van der Waals surface area contributed by atoms with Gasteiger partial charge in [0.1, 0.15) is 0 Å². The standard InChI is InChI=1S/C10H12N2O2S/c1-5-10(15-6(2)11-5)8(13)3-7-4-9(14)12-7/h7H,3-4H2,1-2H3,(H,12,14)/t7-/m1/s1. The number of Topliss-reactive ketones (excluding diaryl/α,β-unsaturated/α-hetero) is 1. The second-order valence-electron chi connectivity index (χ2n) is 3.74. The molecule has 1 aliphatic heterocycles. The number of amides is 1. The number of thiazole rings is 1. The third-order valence-electron chi connectivity index (χ3n) is 2.39. The third-order valence-corrected chi connectivity index (χ3v) is 3.50. The van der Waals surface area contributed by atoms with Gasteiger partial charge in [0, 0.05) is 18.9 Å². The first-order valence-electron chi connectivity index (χ1n) is 4.83. The fourth-order valence-electron chi connectivity index (χ4n) is 1.66. The lowest BCUT2D eigenvalue weighted by atomic mass is 9.99. The highest BCUT2D eigenvalue weighted by Crippen LogP contribution is 2.21. The van der Waals surface area contributed by atoms with Gasteiger partial charge in [-0.2, -0.15) is 0 Å². The molecular formula is C10H12N2O2S. The van der Waals surface area contributed by atoms with Crippen LogP contribution >= 0.6 is 11.3 Å². The Kier molecular flexibility index (Phi) is 2.56. The Morgan fingerprint density at radius 1 is 1.60 bits per heavy atom. The summed E-state index contributed by atoms with van der Waals surface area (Å²) in [6, 6.07) is 0.0341. The molecule has 15 heavy (non-hydrogen) atoms. The van der Waals surface area contributed by atoms with Gasteiger partial charge in [-0.3, -0.25) is 9.59 Å². The lowest BCUT2D eigenvalue weighted by Crippen LogP contribution is -2.49. The van der Waals surface area contributed by atoms with E-state index in [1.165, 1.54) is 11.3 Å². The maximum absolute atomic E-state index is 11.8. The summed E-state index contributed by atoms with van der Waals surface area (Å²) in [4.78, 5) is 27.4. The summed E-state index contributed by atoms with van der Waals surface area (Å²) < 4.78 is 0. The number of hydrogen-bond donors (Lipinski definition) is 1. The van der Waals surface area contributed by atoms with Gasteiger partial charge in [0.2, 0.25) is 5.91 Å². The number of rotatable bonds is 3. The molecular weight excluding hydrogens is 212 g/mol. The predicted molar refractivity (Wildman–Crippen MR) is 57.1 cm³/mol. The second-order valence-corrected chi connectivity index (χ2v) is 4.95. The molecule has 2 rings (SSSR count). The van der Waals surface area contributed by atoms with Crippen molar-refractivity contribution in [1.29, 1.82) is 0 Å². The summed E-state index contributed by atoms with van der Waals surface area (Å²) in [6.45, 7) is 3.73. The van der Waals surface area contributed by atoms with Gasteiger partial charge in [0.15, 0.2) is 5.78 Å². The monoisotopic (exact) mass is 224 g/mol. The lowest BCUT2D eigenvalue weighted by Gasteiger charge is -2.25. The quantitative estimate of drug-likeness (QED) is 0.620. The van der Waals surface area contributed by atoms with Crippen LogP contribution in [0.3, 0.4) is 0 Å². The Hall–Kier alpha value is -1.23. The highest BCUT2D eigenvalue weighted by atomic mass is 32.1. The number of aromatic nitrogens is 1. The molecule has 0 radical (unpaired) electrons. The molecule has 1 atom stereocenters. The molecule has 5 heteroatoms. The summed E-state index contributed by atoms with van der Waals surface area (Å²) in [6.07, 6.45) is 0.872. The fourth-order valence-corrected chi connectivity index (χ4v) is 2.53. The van der Waals surface area contributed by atoms with Gasteiger partial charge in [0.25, 0.3) is 0 Å². The first kappa shape index (κ1) is 10.3. The molecule has 1 fully saturated rings. The number of carbonyl (C=O) groups is 2. The number of ketones is 1. The van der Waals surface area contributed by atoms with E-state index in [1.54, 1.807) is 0 Å². The predicted octanol–water partition coefficient (Wildman–Crippen LogP) is 1.22. The summed E-state index contributed by atoms with van der Waals surface area (Å²) >= 11 is 1.43. The summed E-state index contributed by atoms with van der Waals surface area (Å²) in [5.41, 5.74) is 0.799. The van der Waals surface area contributed by atoms with Crippen LogP contribution in [0.2, 0.25) is 0 Å². The molecule has 0 bridgehead atoms. The van der Waals surface area contributed by atoms with Crippen molar-refractivity contribution in [2.45, 2.75) is 32.7 Å². The van der Waals surface area contributed by atoms with Crippen LogP contribution in [0.15, 0.2) is 0 Å². The second kappa shape index (κ2) is 3.73. The topological polar surface area (TPSA) is 59.1 Å². The zero-order chi connectivity index (χ0) is 11.0. The smallest absolute Gasteiger partial charge is 0.222 e. The number of β-lactam (4-membered cyclic amide) rings is 1. The van der Waals surface area contributed by atoms with Gasteiger partial charge in [-0.05, 0) is 13.8 Å². The molecule has 0 aromatic carbocycles. The molecule has 1 aliphatic rings. The molecule has 0 unspecified atom stereocenters. The normalized spacial score (nSPS) is 19.6. The van der Waals surface area contributed by atoms with E-state index < -0.39 is 0 Å². The van der Waals surface area contributed by atoms with Gasteiger partial charge >= 0.3 is 0 Å². The van der Waals surface area contributed by atoms with Gasteiger partial charge < -0.3 is 5.32 Å². The van der Waals surface area contributed by atoms with Gasteiger partial charge in [-0.15, -0.1) is 11.3 Å². The maximum Gasteiger partial charge on any atom is 0.222 e. The largest absolute Gasteiger partial charge is 0.352 e. The molecule has 1 N–H and O–H groups in total. The van der Waals surface area contributed by atoms with Crippen LogP contribution in [0, 0.1) is 13.8 Å². The minimum Gasteiger partial charge on any atom is -0.352 e. The summed E-state index contributed by atoms with van der Waals surface area (Å²) in [5.74, 6) is 0.119. The summed E-state index contributed by atoms with van der Waals surface area (Å²) in [5, 5.41) is 3.60. The third kappa shape index (κ3) is 2.07. The van der Waals surface area contributed by atoms with Gasteiger partial charge in [-0.25, -0.2) is 4.98 Å². The van der Waals surface area contributed by atoms with Crippen molar-refractivity contribution >= 4 is 23.0 Å². The SMILES string of the molecule is Cc1nc(C)c(C(=O)C[C@@H]2CC(=O)N2)s1. The molecule has 0 aliphatic carbocycles. The zero-order valence-corrected chi connectivity index (χ0v) is 9.48. The van der Waals surface area contributed by atoms with Crippen LogP contribution in [0.1, 0.15) is 33.2 Å². The van der Waals surface area contributed by atoms with Gasteiger partial charge in [-0.1, -0.05) is 0 Å². The van der Waals surface area contributed by atoms with Crippen molar-refractivity contribution < 1.29 is 9.59 Å². The van der Waals surface area contributed by atoms with Gasteiger partial charge in [0.05, 0.1) is 15.6 Å². The Labute approximate surface area is 91.7 Å². The molecule has 1 aromatic rings. The average molecular weight is 224 g/mol. The Morgan fingerprint density at radius 2 is 2.27 bits per heavy atom. The van der Waals surface area contributed by atoms with Crippen LogP contribution in [0.5, 0.6) is 0 Å². The number of aryl methyl sites for hydroxylation is 2. The molecule has 1 saturated heterocycles. The first-order chi connectivity index (χ1) is 7.06. The summed E-state index contributed by atoms with van der Waals surface area (Å²) in [7, 11) is 0. The maximum atomic E-state index is 11.8. The number of nitrogens with one attached hydrogen (secondary N) is 1. The lowest BCUT2D eigenvalue weighted by molar-refractivity contribution is -0.127. The van der Waals surface area contributed by atoms with Crippen molar-refractivity contribution in [3.63, 3.8) is 0 Å². The number of hydrogen-bond acceptors (Lipinski definition) is 4. The van der Waals surface area contributed by atoms with Crippen molar-refractivity contribution in [2.75, 3.05) is 0 Å². The van der Waals surface area contributed by atoms with Crippen LogP contribution in [0.25, 0.3) is 0 Å². The fraction of sp³-hybridized carbons (Fsp3) is 0.500. The van der Waals surface area contributed by atoms with Crippen LogP contribution in [-0.2, 0) is 4.79 Å². The molecule has 80 valence electrons. The zero-order valence-electron chi connectivity index (χ0n) is 8.66. The Bertz CT molecular complexity index is 417. The minimum absolute atomic E-state index is 0.0324. The molecule has 0 saturated carbocycles. The number of carbonyl (C=O) groups excluding carboxylic acids is 2. The highest BCUT2D eigenvalue weighted by molar-refractivity contribution is 7.13. The van der Waals surface area contributed by atoms with Crippen molar-refractivity contribution in [3.8, 4) is 0 Å². The number of nitrogens with zero attached hydrogens (tertiary/aromatic N) is 1. The average Bonchev–Trinajstić information content (AvgIpc) is 2.42. The highest BCUT2D eigenvalue weighted by Gasteiger charge is 2.28. The van der Waals surface area contributed by atoms with Crippen LogP contribution in [0.4, 0.5) is 0 Å². The molecule has 2 heterocycles. The van der Waals surface area contributed by atoms with E-state index in [0.29, 0.717) is 12.8 Å². The first-order valence-corrected chi connectivity index (χ1v) is 5.64. The Balaban J connectivity index is 2.02. The van der Waals surface area contributed by atoms with Crippen LogP contribution < -0.4 is 5.32 Å². The van der Waals surface area contributed by atoms with E-state index in [0.717, 1.165) is 15.6 Å². The molecule has 0 spiro atoms. The molecule has 1 amide bonds. The van der Waals surface area contributed by atoms with Crippen LogP contribution in [-0.4, -0.2) is 22.7 Å². The van der Waals surface area contributed by atoms with E-state index in [4.69, 9.17) is 0 Å². The van der Waals surface area contributed by atoms with E-state index in [2.05, 4.69) is 10.3 Å².